The Hall–Kier alpha value is -1.94. The van der Waals surface area contributed by atoms with Crippen LogP contribution in [0.4, 0.5) is 0 Å². The van der Waals surface area contributed by atoms with Gasteiger partial charge in [-0.15, -0.1) is 0 Å². The van der Waals surface area contributed by atoms with E-state index >= 15 is 0 Å². The number of hydrogen-bond acceptors (Lipinski definition) is 15. The van der Waals surface area contributed by atoms with Gasteiger partial charge in [-0.3, -0.25) is 37.3 Å². The molecule has 3 N–H and O–H groups in total. The van der Waals surface area contributed by atoms with Crippen molar-refractivity contribution in [3.63, 3.8) is 0 Å². The molecule has 0 amide bonds. The van der Waals surface area contributed by atoms with Crippen LogP contribution in [-0.2, 0) is 65.4 Å². The maximum Gasteiger partial charge on any atom is 0.472 e. The molecule has 6 atom stereocenters. The molecule has 0 aliphatic carbocycles. The first kappa shape index (κ1) is 102. The molecular formula is C85H166O17P2. The highest BCUT2D eigenvalue weighted by Crippen LogP contribution is 2.45. The fourth-order valence-electron chi connectivity index (χ4n) is 13.2. The zero-order chi connectivity index (χ0) is 76.4. The van der Waals surface area contributed by atoms with Crippen LogP contribution in [0.3, 0.4) is 0 Å². The molecule has 0 heterocycles. The largest absolute Gasteiger partial charge is 0.472 e. The smallest absolute Gasteiger partial charge is 0.462 e. The molecule has 0 aromatic carbocycles. The van der Waals surface area contributed by atoms with Crippen LogP contribution in [0.25, 0.3) is 0 Å². The fourth-order valence-corrected chi connectivity index (χ4v) is 14.8. The Morgan fingerprint density at radius 3 is 0.731 bits per heavy atom. The normalized spacial score (nSPS) is 14.1. The average molecular weight is 1520 g/mol. The van der Waals surface area contributed by atoms with E-state index in [1.807, 2.05) is 0 Å². The van der Waals surface area contributed by atoms with Gasteiger partial charge in [-0.05, 0) is 37.5 Å². The SMILES string of the molecule is CCCCCCCCCCCCCCCCCCCCC(=O)OC[C@H](COP(=O)(O)OC[C@@H](O)COP(=O)(O)OC[C@@H](COC(=O)CCCCCCCCCCCCCCC)OC(=O)CCCCCCCCCCCCC(C)CC)OC(=O)CCCCCCCCCCCCCCCCCCC(C)C. The number of rotatable bonds is 84. The lowest BCUT2D eigenvalue weighted by molar-refractivity contribution is -0.161. The van der Waals surface area contributed by atoms with Crippen molar-refractivity contribution in [2.75, 3.05) is 39.6 Å². The summed E-state index contributed by atoms with van der Waals surface area (Å²) in [5.41, 5.74) is 0. The van der Waals surface area contributed by atoms with Gasteiger partial charge in [0.1, 0.15) is 19.3 Å². The molecule has 0 fully saturated rings. The third kappa shape index (κ3) is 76.8. The highest BCUT2D eigenvalue weighted by atomic mass is 31.2. The van der Waals surface area contributed by atoms with Gasteiger partial charge < -0.3 is 33.8 Å². The van der Waals surface area contributed by atoms with E-state index in [1.165, 1.54) is 270 Å². The van der Waals surface area contributed by atoms with Crippen molar-refractivity contribution in [3.8, 4) is 0 Å². The molecule has 0 saturated carbocycles. The van der Waals surface area contributed by atoms with Crippen molar-refractivity contribution in [1.82, 2.24) is 0 Å². The molecule has 3 unspecified atom stereocenters. The molecule has 0 aliphatic rings. The van der Waals surface area contributed by atoms with Crippen LogP contribution < -0.4 is 0 Å². The van der Waals surface area contributed by atoms with Gasteiger partial charge in [0.15, 0.2) is 12.2 Å². The van der Waals surface area contributed by atoms with Gasteiger partial charge in [-0.1, -0.05) is 401 Å². The quantitative estimate of drug-likeness (QED) is 0.0222. The highest BCUT2D eigenvalue weighted by molar-refractivity contribution is 7.47. The lowest BCUT2D eigenvalue weighted by Crippen LogP contribution is -2.30. The summed E-state index contributed by atoms with van der Waals surface area (Å²) in [7, 11) is -9.93. The molecule has 0 aliphatic heterocycles. The lowest BCUT2D eigenvalue weighted by Gasteiger charge is -2.21. The Balaban J connectivity index is 5.26. The Bertz CT molecular complexity index is 2000. The predicted molar refractivity (Wildman–Crippen MR) is 428 cm³/mol. The van der Waals surface area contributed by atoms with Crippen molar-refractivity contribution < 1.29 is 80.2 Å². The topological polar surface area (TPSA) is 237 Å². The number of phosphoric acid groups is 2. The highest BCUT2D eigenvalue weighted by Gasteiger charge is 2.30. The predicted octanol–water partition coefficient (Wildman–Crippen LogP) is 25.8. The van der Waals surface area contributed by atoms with Gasteiger partial charge in [0.2, 0.25) is 0 Å². The summed E-state index contributed by atoms with van der Waals surface area (Å²) < 4.78 is 68.9. The summed E-state index contributed by atoms with van der Waals surface area (Å²) in [6.07, 6.45) is 67.8. The number of ether oxygens (including phenoxy) is 4. The van der Waals surface area contributed by atoms with Crippen LogP contribution in [0.2, 0.25) is 0 Å². The monoisotopic (exact) mass is 1520 g/mol. The second-order valence-corrected chi connectivity index (χ2v) is 34.2. The summed E-state index contributed by atoms with van der Waals surface area (Å²) in [5, 5.41) is 10.7. The summed E-state index contributed by atoms with van der Waals surface area (Å²) in [6, 6.07) is 0. The van der Waals surface area contributed by atoms with Crippen molar-refractivity contribution >= 4 is 39.5 Å². The van der Waals surface area contributed by atoms with Crippen LogP contribution in [-0.4, -0.2) is 96.7 Å². The molecule has 0 spiro atoms. The van der Waals surface area contributed by atoms with E-state index in [0.29, 0.717) is 25.7 Å². The Kier molecular flexibility index (Phi) is 75.0. The van der Waals surface area contributed by atoms with E-state index in [2.05, 4.69) is 41.5 Å². The number of carbonyl (C=O) groups excluding carboxylic acids is 4. The maximum atomic E-state index is 13.1. The maximum absolute atomic E-state index is 13.1. The number of hydrogen-bond donors (Lipinski definition) is 3. The third-order valence-electron chi connectivity index (χ3n) is 20.3. The molecule has 0 rings (SSSR count). The van der Waals surface area contributed by atoms with Gasteiger partial charge in [0.05, 0.1) is 26.4 Å². The summed E-state index contributed by atoms with van der Waals surface area (Å²) in [6.45, 7) is 9.73. The first-order chi connectivity index (χ1) is 50.4. The summed E-state index contributed by atoms with van der Waals surface area (Å²) in [4.78, 5) is 73.2. The van der Waals surface area contributed by atoms with E-state index < -0.39 is 97.5 Å². The molecule has 17 nitrogen and oxygen atoms in total. The van der Waals surface area contributed by atoms with E-state index in [0.717, 1.165) is 102 Å². The fraction of sp³-hybridized carbons (Fsp3) is 0.953. The van der Waals surface area contributed by atoms with Crippen LogP contribution in [0.1, 0.15) is 452 Å². The van der Waals surface area contributed by atoms with E-state index in [9.17, 15) is 43.2 Å². The molecule has 618 valence electrons. The molecular weight excluding hydrogens is 1350 g/mol. The van der Waals surface area contributed by atoms with E-state index in [4.69, 9.17) is 37.0 Å². The minimum absolute atomic E-state index is 0.107. The zero-order valence-corrected chi connectivity index (χ0v) is 70.1. The Labute approximate surface area is 638 Å². The second kappa shape index (κ2) is 76.4. The first-order valence-corrected chi connectivity index (χ1v) is 47.0. The van der Waals surface area contributed by atoms with Crippen LogP contribution >= 0.6 is 15.6 Å². The van der Waals surface area contributed by atoms with Gasteiger partial charge in [-0.2, -0.15) is 0 Å². The van der Waals surface area contributed by atoms with Crippen LogP contribution in [0.15, 0.2) is 0 Å². The third-order valence-corrected chi connectivity index (χ3v) is 22.2. The standard InChI is InChI=1S/C85H166O17P2/c1-7-10-12-14-16-18-20-22-23-24-25-29-33-37-44-50-56-62-68-83(88)96-73-80(101-84(89)69-63-57-51-45-38-34-30-27-26-28-32-35-41-47-53-59-65-77(4)5)75-99-103(91,92)97-71-79(86)72-98-104(93,94)100-76-81(74-95-82(87)67-61-55-49-43-36-31-21-19-17-15-13-11-8-2)102-85(90)70-64-58-52-46-40-39-42-48-54-60-66-78(6)9-3/h77-81,86H,7-76H2,1-6H3,(H,91,92)(H,93,94)/t78?,79-,80-,81-/m1/s1. The number of unbranched alkanes of at least 4 members (excludes halogenated alkanes) is 53. The van der Waals surface area contributed by atoms with Gasteiger partial charge in [0.25, 0.3) is 0 Å². The number of aliphatic hydroxyl groups excluding tert-OH is 1. The average Bonchev–Trinajstić information content (AvgIpc) is 0.904. The van der Waals surface area contributed by atoms with Gasteiger partial charge in [-0.25, -0.2) is 9.13 Å². The summed E-state index contributed by atoms with van der Waals surface area (Å²) >= 11 is 0. The van der Waals surface area contributed by atoms with Gasteiger partial charge in [0, 0.05) is 25.7 Å². The minimum atomic E-state index is -4.97. The molecule has 0 saturated heterocycles. The Morgan fingerprint density at radius 2 is 0.490 bits per heavy atom. The molecule has 0 aromatic rings. The zero-order valence-electron chi connectivity index (χ0n) is 68.3. The van der Waals surface area contributed by atoms with Crippen molar-refractivity contribution in [1.29, 1.82) is 0 Å². The molecule has 0 radical (unpaired) electrons. The summed E-state index contributed by atoms with van der Waals surface area (Å²) in [5.74, 6) is -0.489. The lowest BCUT2D eigenvalue weighted by atomic mass is 9.99. The molecule has 0 aromatic heterocycles. The van der Waals surface area contributed by atoms with E-state index in [1.54, 1.807) is 0 Å². The second-order valence-electron chi connectivity index (χ2n) is 31.3. The number of aliphatic hydroxyl groups is 1. The van der Waals surface area contributed by atoms with Gasteiger partial charge >= 0.3 is 39.5 Å². The molecule has 19 heteroatoms. The van der Waals surface area contributed by atoms with Crippen molar-refractivity contribution in [3.05, 3.63) is 0 Å². The van der Waals surface area contributed by atoms with Crippen LogP contribution in [0, 0.1) is 11.8 Å². The van der Waals surface area contributed by atoms with Crippen LogP contribution in [0.5, 0.6) is 0 Å². The number of phosphoric ester groups is 2. The molecule has 0 bridgehead atoms. The van der Waals surface area contributed by atoms with Crippen molar-refractivity contribution in [2.45, 2.75) is 471 Å². The molecule has 104 heavy (non-hydrogen) atoms. The van der Waals surface area contributed by atoms with Crippen molar-refractivity contribution in [2.24, 2.45) is 11.8 Å². The minimum Gasteiger partial charge on any atom is -0.462 e. The van der Waals surface area contributed by atoms with E-state index in [-0.39, 0.29) is 25.7 Å². The number of esters is 4. The Morgan fingerprint density at radius 1 is 0.279 bits per heavy atom. The first-order valence-electron chi connectivity index (χ1n) is 44.0. The number of carbonyl (C=O) groups is 4.